The summed E-state index contributed by atoms with van der Waals surface area (Å²) in [6, 6.07) is 15.1. The number of rotatable bonds is 7. The number of anilines is 3. The van der Waals surface area contributed by atoms with Gasteiger partial charge in [0.05, 0.1) is 0 Å². The second-order valence-electron chi connectivity index (χ2n) is 6.27. The van der Waals surface area contributed by atoms with Crippen molar-refractivity contribution >= 4 is 29.0 Å². The molecule has 0 spiro atoms. The molecule has 0 bridgehead atoms. The third-order valence-corrected chi connectivity index (χ3v) is 3.99. The van der Waals surface area contributed by atoms with E-state index in [1.807, 2.05) is 6.07 Å². The summed E-state index contributed by atoms with van der Waals surface area (Å²) in [4.78, 5) is 31.6. The van der Waals surface area contributed by atoms with Crippen LogP contribution in [0.3, 0.4) is 0 Å². The number of nitrogens with zero attached hydrogens (tertiary/aromatic N) is 2. The number of carbonyl (C=O) groups is 2. The van der Waals surface area contributed by atoms with Crippen molar-refractivity contribution in [1.82, 2.24) is 15.3 Å². The molecule has 3 N–H and O–H groups in total. The highest BCUT2D eigenvalue weighted by Gasteiger charge is 2.09. The van der Waals surface area contributed by atoms with Gasteiger partial charge in [0.25, 0.3) is 5.91 Å². The van der Waals surface area contributed by atoms with Crippen LogP contribution in [0.25, 0.3) is 0 Å². The predicted octanol–water partition coefficient (Wildman–Crippen LogP) is 3.29. The highest BCUT2D eigenvalue weighted by atomic mass is 19.1. The Kier molecular flexibility index (Phi) is 6.47. The molecule has 1 aromatic heterocycles. The van der Waals surface area contributed by atoms with Gasteiger partial charge in [0.1, 0.15) is 23.7 Å². The van der Waals surface area contributed by atoms with E-state index < -0.39 is 0 Å². The van der Waals surface area contributed by atoms with Crippen LogP contribution < -0.4 is 16.0 Å². The van der Waals surface area contributed by atoms with Gasteiger partial charge >= 0.3 is 0 Å². The number of amides is 2. The summed E-state index contributed by atoms with van der Waals surface area (Å²) in [6.45, 7) is 1.72. The van der Waals surface area contributed by atoms with Crippen molar-refractivity contribution < 1.29 is 14.0 Å². The normalized spacial score (nSPS) is 10.3. The van der Waals surface area contributed by atoms with Gasteiger partial charge in [-0.15, -0.1) is 0 Å². The molecule has 0 aliphatic rings. The Morgan fingerprint density at radius 1 is 1.00 bits per heavy atom. The van der Waals surface area contributed by atoms with Crippen LogP contribution in [0.4, 0.5) is 21.6 Å². The third kappa shape index (κ3) is 5.83. The second-order valence-corrected chi connectivity index (χ2v) is 6.27. The zero-order valence-electron chi connectivity index (χ0n) is 15.8. The Morgan fingerprint density at radius 3 is 2.59 bits per heavy atom. The summed E-state index contributed by atoms with van der Waals surface area (Å²) in [5.41, 5.74) is 2.06. The van der Waals surface area contributed by atoms with E-state index in [2.05, 4.69) is 25.9 Å². The minimum absolute atomic E-state index is 0.168. The van der Waals surface area contributed by atoms with Gasteiger partial charge in [-0.2, -0.15) is 0 Å². The fraction of sp³-hybridized carbons (Fsp3) is 0.143. The molecule has 0 radical (unpaired) electrons. The number of hydrogen-bond acceptors (Lipinski definition) is 5. The van der Waals surface area contributed by atoms with E-state index >= 15 is 0 Å². The van der Waals surface area contributed by atoms with Crippen LogP contribution in [0.15, 0.2) is 60.9 Å². The Bertz CT molecular complexity index is 1030. The summed E-state index contributed by atoms with van der Waals surface area (Å²) < 4.78 is 13.6. The fourth-order valence-electron chi connectivity index (χ4n) is 2.68. The summed E-state index contributed by atoms with van der Waals surface area (Å²) in [7, 11) is 0. The van der Waals surface area contributed by atoms with Crippen LogP contribution in [0.5, 0.6) is 0 Å². The van der Waals surface area contributed by atoms with Gasteiger partial charge < -0.3 is 16.0 Å². The standard InChI is InChI=1S/C21H20FN5O2/c1-14(28)26-16-6-4-7-17(11-16)27-20-12-19(24-13-25-20)21(29)23-10-9-15-5-2-3-8-18(15)22/h2-8,11-13H,9-10H2,1H3,(H,23,29)(H,26,28)(H,24,25,27). The maximum absolute atomic E-state index is 13.6. The van der Waals surface area contributed by atoms with Gasteiger partial charge in [-0.1, -0.05) is 24.3 Å². The first-order valence-corrected chi connectivity index (χ1v) is 8.99. The summed E-state index contributed by atoms with van der Waals surface area (Å²) in [6.07, 6.45) is 1.66. The molecular formula is C21H20FN5O2. The van der Waals surface area contributed by atoms with Crippen LogP contribution in [0.1, 0.15) is 23.0 Å². The summed E-state index contributed by atoms with van der Waals surface area (Å²) >= 11 is 0. The van der Waals surface area contributed by atoms with E-state index in [9.17, 15) is 14.0 Å². The van der Waals surface area contributed by atoms with Crippen molar-refractivity contribution in [3.05, 3.63) is 78.0 Å². The molecule has 1 heterocycles. The Labute approximate surface area is 167 Å². The maximum atomic E-state index is 13.6. The second kappa shape index (κ2) is 9.41. The lowest BCUT2D eigenvalue weighted by Crippen LogP contribution is -2.26. The first-order chi connectivity index (χ1) is 14.0. The maximum Gasteiger partial charge on any atom is 0.270 e. The highest BCUT2D eigenvalue weighted by molar-refractivity contribution is 5.93. The van der Waals surface area contributed by atoms with Gasteiger partial charge in [0.2, 0.25) is 5.91 Å². The molecule has 0 saturated carbocycles. The Balaban J connectivity index is 1.61. The van der Waals surface area contributed by atoms with E-state index in [4.69, 9.17) is 0 Å². The summed E-state index contributed by atoms with van der Waals surface area (Å²) in [5, 5.41) is 8.49. The first-order valence-electron chi connectivity index (χ1n) is 8.99. The monoisotopic (exact) mass is 393 g/mol. The van der Waals surface area contributed by atoms with E-state index in [0.717, 1.165) is 0 Å². The Morgan fingerprint density at radius 2 is 1.79 bits per heavy atom. The predicted molar refractivity (Wildman–Crippen MR) is 108 cm³/mol. The van der Waals surface area contributed by atoms with Crippen molar-refractivity contribution in [2.24, 2.45) is 0 Å². The lowest BCUT2D eigenvalue weighted by atomic mass is 10.1. The molecule has 0 unspecified atom stereocenters. The summed E-state index contributed by atoms with van der Waals surface area (Å²) in [5.74, 6) is -0.409. The van der Waals surface area contributed by atoms with Gasteiger partial charge in [-0.05, 0) is 36.2 Å². The molecule has 3 aromatic rings. The molecule has 0 saturated heterocycles. The zero-order valence-corrected chi connectivity index (χ0v) is 15.8. The Hall–Kier alpha value is -3.81. The lowest BCUT2D eigenvalue weighted by molar-refractivity contribution is -0.114. The number of benzene rings is 2. The first kappa shape index (κ1) is 19.9. The molecule has 0 aliphatic heterocycles. The lowest BCUT2D eigenvalue weighted by Gasteiger charge is -2.09. The van der Waals surface area contributed by atoms with Crippen molar-refractivity contribution in [3.63, 3.8) is 0 Å². The van der Waals surface area contributed by atoms with Crippen LogP contribution in [0, 0.1) is 5.82 Å². The van der Waals surface area contributed by atoms with E-state index in [1.54, 1.807) is 36.4 Å². The van der Waals surface area contributed by atoms with Gasteiger partial charge in [-0.25, -0.2) is 14.4 Å². The molecule has 7 nitrogen and oxygen atoms in total. The number of nitrogens with one attached hydrogen (secondary N) is 3. The number of hydrogen-bond donors (Lipinski definition) is 3. The number of carbonyl (C=O) groups excluding carboxylic acids is 2. The molecule has 0 aliphatic carbocycles. The van der Waals surface area contributed by atoms with Crippen LogP contribution >= 0.6 is 0 Å². The molecule has 8 heteroatoms. The van der Waals surface area contributed by atoms with Crippen molar-refractivity contribution in [3.8, 4) is 0 Å². The van der Waals surface area contributed by atoms with Gasteiger partial charge in [0.15, 0.2) is 0 Å². The molecule has 148 valence electrons. The van der Waals surface area contributed by atoms with Crippen LogP contribution in [0.2, 0.25) is 0 Å². The topological polar surface area (TPSA) is 96.0 Å². The SMILES string of the molecule is CC(=O)Nc1cccc(Nc2cc(C(=O)NCCc3ccccc3F)ncn2)c1. The largest absolute Gasteiger partial charge is 0.350 e. The van der Waals surface area contributed by atoms with E-state index in [0.29, 0.717) is 29.2 Å². The molecule has 2 amide bonds. The molecule has 29 heavy (non-hydrogen) atoms. The molecule has 3 rings (SSSR count). The van der Waals surface area contributed by atoms with E-state index in [-0.39, 0.29) is 29.9 Å². The van der Waals surface area contributed by atoms with Crippen molar-refractivity contribution in [2.75, 3.05) is 17.2 Å². The van der Waals surface area contributed by atoms with Crippen LogP contribution in [-0.2, 0) is 11.2 Å². The third-order valence-electron chi connectivity index (χ3n) is 3.99. The van der Waals surface area contributed by atoms with Gasteiger partial charge in [0, 0.05) is 30.9 Å². The fourth-order valence-corrected chi connectivity index (χ4v) is 2.68. The minimum atomic E-state index is -0.376. The molecular weight excluding hydrogens is 373 g/mol. The molecule has 0 atom stereocenters. The number of halogens is 1. The quantitative estimate of drug-likeness (QED) is 0.572. The van der Waals surface area contributed by atoms with Crippen molar-refractivity contribution in [1.29, 1.82) is 0 Å². The van der Waals surface area contributed by atoms with Gasteiger partial charge in [-0.3, -0.25) is 9.59 Å². The zero-order chi connectivity index (χ0) is 20.6. The average Bonchev–Trinajstić information content (AvgIpc) is 2.69. The van der Waals surface area contributed by atoms with Crippen molar-refractivity contribution in [2.45, 2.75) is 13.3 Å². The molecule has 0 fully saturated rings. The molecule has 2 aromatic carbocycles. The number of aromatic nitrogens is 2. The minimum Gasteiger partial charge on any atom is -0.350 e. The average molecular weight is 393 g/mol. The smallest absolute Gasteiger partial charge is 0.270 e. The van der Waals surface area contributed by atoms with E-state index in [1.165, 1.54) is 25.4 Å². The highest BCUT2D eigenvalue weighted by Crippen LogP contribution is 2.19. The van der Waals surface area contributed by atoms with Crippen LogP contribution in [-0.4, -0.2) is 28.3 Å².